The van der Waals surface area contributed by atoms with Gasteiger partial charge in [0.2, 0.25) is 0 Å². The third-order valence-electron chi connectivity index (χ3n) is 4.51. The van der Waals surface area contributed by atoms with Crippen LogP contribution in [0.1, 0.15) is 44.0 Å². The molecule has 0 spiro atoms. The summed E-state index contributed by atoms with van der Waals surface area (Å²) in [4.78, 5) is 23.4. The molecule has 1 aliphatic carbocycles. The molecule has 21 heavy (non-hydrogen) atoms. The maximum Gasteiger partial charge on any atom is 0.306 e. The van der Waals surface area contributed by atoms with E-state index in [0.29, 0.717) is 23.4 Å². The summed E-state index contributed by atoms with van der Waals surface area (Å²) in [6.45, 7) is 5.63. The third-order valence-corrected chi connectivity index (χ3v) is 4.74. The number of carboxylic acid groups (broad SMARTS) is 1. The third kappa shape index (κ3) is 3.21. The SMILES string of the molecule is CC(C(=O)O)C1(C)CC(C)(NC(=O)c2cccc(Cl)c2)C1. The minimum Gasteiger partial charge on any atom is -0.481 e. The first-order chi connectivity index (χ1) is 9.65. The van der Waals surface area contributed by atoms with Gasteiger partial charge in [-0.25, -0.2) is 0 Å². The molecule has 0 bridgehead atoms. The molecule has 5 heteroatoms. The molecule has 0 aromatic heterocycles. The quantitative estimate of drug-likeness (QED) is 0.896. The molecule has 4 nitrogen and oxygen atoms in total. The normalized spacial score (nSPS) is 29.3. The zero-order chi connectivity index (χ0) is 15.8. The second kappa shape index (κ2) is 5.34. The molecule has 1 saturated carbocycles. The van der Waals surface area contributed by atoms with Crippen molar-refractivity contribution in [2.45, 2.75) is 39.2 Å². The molecule has 114 valence electrons. The van der Waals surface area contributed by atoms with E-state index in [9.17, 15) is 9.59 Å². The van der Waals surface area contributed by atoms with Crippen LogP contribution >= 0.6 is 11.6 Å². The van der Waals surface area contributed by atoms with Crippen molar-refractivity contribution in [1.29, 1.82) is 0 Å². The highest BCUT2D eigenvalue weighted by atomic mass is 35.5. The fourth-order valence-corrected chi connectivity index (χ4v) is 3.59. The van der Waals surface area contributed by atoms with Gasteiger partial charge < -0.3 is 10.4 Å². The van der Waals surface area contributed by atoms with E-state index in [4.69, 9.17) is 16.7 Å². The highest BCUT2D eigenvalue weighted by Gasteiger charge is 2.54. The number of hydrogen-bond acceptors (Lipinski definition) is 2. The molecule has 2 rings (SSSR count). The Labute approximate surface area is 129 Å². The summed E-state index contributed by atoms with van der Waals surface area (Å²) in [5, 5.41) is 12.7. The molecular weight excluding hydrogens is 290 g/mol. The molecule has 1 fully saturated rings. The van der Waals surface area contributed by atoms with E-state index < -0.39 is 11.9 Å². The molecule has 1 aliphatic rings. The molecule has 1 aromatic carbocycles. The van der Waals surface area contributed by atoms with Crippen molar-refractivity contribution in [3.63, 3.8) is 0 Å². The van der Waals surface area contributed by atoms with Crippen molar-refractivity contribution in [3.8, 4) is 0 Å². The Bertz CT molecular complexity index is 579. The Kier molecular flexibility index (Phi) is 4.02. The summed E-state index contributed by atoms with van der Waals surface area (Å²) in [6, 6.07) is 6.78. The van der Waals surface area contributed by atoms with Gasteiger partial charge in [0, 0.05) is 16.1 Å². The second-order valence-corrected chi connectivity index (χ2v) is 7.03. The predicted molar refractivity (Wildman–Crippen MR) is 81.5 cm³/mol. The van der Waals surface area contributed by atoms with E-state index in [0.717, 1.165) is 0 Å². The van der Waals surface area contributed by atoms with E-state index in [1.807, 2.05) is 13.8 Å². The smallest absolute Gasteiger partial charge is 0.306 e. The van der Waals surface area contributed by atoms with Gasteiger partial charge >= 0.3 is 5.97 Å². The van der Waals surface area contributed by atoms with Crippen LogP contribution in [0.5, 0.6) is 0 Å². The monoisotopic (exact) mass is 309 g/mol. The van der Waals surface area contributed by atoms with Crippen LogP contribution in [-0.2, 0) is 4.79 Å². The zero-order valence-corrected chi connectivity index (χ0v) is 13.2. The first-order valence-electron chi connectivity index (χ1n) is 6.96. The van der Waals surface area contributed by atoms with Crippen LogP contribution in [0.15, 0.2) is 24.3 Å². The lowest BCUT2D eigenvalue weighted by Gasteiger charge is -2.55. The van der Waals surface area contributed by atoms with Gasteiger partial charge in [0.15, 0.2) is 0 Å². The minimum absolute atomic E-state index is 0.176. The number of rotatable bonds is 4. The van der Waals surface area contributed by atoms with Gasteiger partial charge in [-0.05, 0) is 43.4 Å². The lowest BCUT2D eigenvalue weighted by Crippen LogP contribution is -2.61. The molecule has 1 atom stereocenters. The number of halogens is 1. The fourth-order valence-electron chi connectivity index (χ4n) is 3.40. The first kappa shape index (κ1) is 15.8. The number of carbonyl (C=O) groups is 2. The van der Waals surface area contributed by atoms with Crippen molar-refractivity contribution in [2.24, 2.45) is 11.3 Å². The lowest BCUT2D eigenvalue weighted by atomic mass is 9.54. The molecule has 0 radical (unpaired) electrons. The van der Waals surface area contributed by atoms with Gasteiger partial charge in [-0.3, -0.25) is 9.59 Å². The molecule has 1 unspecified atom stereocenters. The van der Waals surface area contributed by atoms with E-state index in [-0.39, 0.29) is 16.9 Å². The summed E-state index contributed by atoms with van der Waals surface area (Å²) in [6.07, 6.45) is 1.31. The van der Waals surface area contributed by atoms with Gasteiger partial charge in [-0.1, -0.05) is 31.5 Å². The van der Waals surface area contributed by atoms with Gasteiger partial charge in [0.05, 0.1) is 5.92 Å². The number of benzene rings is 1. The van der Waals surface area contributed by atoms with Gasteiger partial charge in [-0.15, -0.1) is 0 Å². The maximum atomic E-state index is 12.2. The van der Waals surface area contributed by atoms with Crippen LogP contribution in [0, 0.1) is 11.3 Å². The average Bonchev–Trinajstić information content (AvgIpc) is 2.35. The van der Waals surface area contributed by atoms with Gasteiger partial charge in [0.1, 0.15) is 0 Å². The zero-order valence-electron chi connectivity index (χ0n) is 12.4. The van der Waals surface area contributed by atoms with Crippen LogP contribution in [0.2, 0.25) is 5.02 Å². The van der Waals surface area contributed by atoms with E-state index in [2.05, 4.69) is 5.32 Å². The molecular formula is C16H20ClNO3. The summed E-state index contributed by atoms with van der Waals surface area (Å²) in [5.74, 6) is -1.39. The second-order valence-electron chi connectivity index (χ2n) is 6.59. The van der Waals surface area contributed by atoms with Crippen LogP contribution < -0.4 is 5.32 Å². The van der Waals surface area contributed by atoms with Crippen LogP contribution in [0.3, 0.4) is 0 Å². The summed E-state index contributed by atoms with van der Waals surface area (Å²) in [5.41, 5.74) is -0.122. The largest absolute Gasteiger partial charge is 0.481 e. The Morgan fingerprint density at radius 2 is 1.95 bits per heavy atom. The van der Waals surface area contributed by atoms with Crippen molar-refractivity contribution in [1.82, 2.24) is 5.32 Å². The van der Waals surface area contributed by atoms with Crippen molar-refractivity contribution in [2.75, 3.05) is 0 Å². The minimum atomic E-state index is -0.791. The highest BCUT2D eigenvalue weighted by molar-refractivity contribution is 6.30. The van der Waals surface area contributed by atoms with Crippen molar-refractivity contribution in [3.05, 3.63) is 34.9 Å². The van der Waals surface area contributed by atoms with Gasteiger partial charge in [0.25, 0.3) is 5.91 Å². The summed E-state index contributed by atoms with van der Waals surface area (Å²) in [7, 11) is 0. The fraction of sp³-hybridized carbons (Fsp3) is 0.500. The van der Waals surface area contributed by atoms with Crippen LogP contribution in [0.25, 0.3) is 0 Å². The molecule has 1 aromatic rings. The van der Waals surface area contributed by atoms with Crippen LogP contribution in [-0.4, -0.2) is 22.5 Å². The number of nitrogens with one attached hydrogen (secondary N) is 1. The number of aliphatic carboxylic acids is 1. The molecule has 2 N–H and O–H groups in total. The predicted octanol–water partition coefficient (Wildman–Crippen LogP) is 3.35. The molecule has 0 saturated heterocycles. The number of carboxylic acids is 1. The van der Waals surface area contributed by atoms with E-state index >= 15 is 0 Å². The average molecular weight is 310 g/mol. The van der Waals surface area contributed by atoms with Gasteiger partial charge in [-0.2, -0.15) is 0 Å². The standard InChI is InChI=1S/C16H20ClNO3/c1-10(14(20)21)15(2)8-16(3,9-15)18-13(19)11-5-4-6-12(17)7-11/h4-7,10H,8-9H2,1-3H3,(H,18,19)(H,20,21). The molecule has 0 aliphatic heterocycles. The van der Waals surface area contributed by atoms with Crippen LogP contribution in [0.4, 0.5) is 0 Å². The molecule has 0 heterocycles. The maximum absolute atomic E-state index is 12.2. The van der Waals surface area contributed by atoms with E-state index in [1.165, 1.54) is 0 Å². The highest BCUT2D eigenvalue weighted by Crippen LogP contribution is 2.52. The topological polar surface area (TPSA) is 66.4 Å². The van der Waals surface area contributed by atoms with Crippen molar-refractivity contribution < 1.29 is 14.7 Å². The Morgan fingerprint density at radius 1 is 1.33 bits per heavy atom. The summed E-state index contributed by atoms with van der Waals surface area (Å²) >= 11 is 5.88. The Hall–Kier alpha value is -1.55. The number of carbonyl (C=O) groups excluding carboxylic acids is 1. The number of hydrogen-bond donors (Lipinski definition) is 2. The molecule has 1 amide bonds. The van der Waals surface area contributed by atoms with Crippen molar-refractivity contribution >= 4 is 23.5 Å². The number of amides is 1. The summed E-state index contributed by atoms with van der Waals surface area (Å²) < 4.78 is 0. The lowest BCUT2D eigenvalue weighted by molar-refractivity contribution is -0.150. The Balaban J connectivity index is 2.02. The van der Waals surface area contributed by atoms with E-state index in [1.54, 1.807) is 31.2 Å². The Morgan fingerprint density at radius 3 is 2.48 bits per heavy atom. The first-order valence-corrected chi connectivity index (χ1v) is 7.34.